The van der Waals surface area contributed by atoms with E-state index in [2.05, 4.69) is 47.2 Å². The minimum Gasteiger partial charge on any atom is -0.486 e. The number of aromatic nitrogens is 9. The number of aromatic amines is 1. The number of halogens is 1. The van der Waals surface area contributed by atoms with Gasteiger partial charge in [-0.1, -0.05) is 74.0 Å². The van der Waals surface area contributed by atoms with Crippen molar-refractivity contribution < 1.29 is 38.4 Å². The lowest BCUT2D eigenvalue weighted by molar-refractivity contribution is -0.142. The normalized spacial score (nSPS) is 21.8. The van der Waals surface area contributed by atoms with Gasteiger partial charge in [-0.25, -0.2) is 9.07 Å². The van der Waals surface area contributed by atoms with Gasteiger partial charge in [-0.05, 0) is 117 Å². The molecule has 20 nitrogen and oxygen atoms in total. The van der Waals surface area contributed by atoms with Crippen molar-refractivity contribution in [1.82, 2.24) is 60.5 Å². The summed E-state index contributed by atoms with van der Waals surface area (Å²) in [5.74, 6) is 0.120. The van der Waals surface area contributed by atoms with Crippen LogP contribution in [-0.2, 0) is 27.5 Å². The van der Waals surface area contributed by atoms with E-state index < -0.39 is 30.1 Å². The summed E-state index contributed by atoms with van der Waals surface area (Å²) in [5.41, 5.74) is 9.31. The largest absolute Gasteiger partial charge is 0.486 e. The Balaban J connectivity index is 0.750. The number of carbonyl (C=O) groups excluding carboxylic acids is 2. The van der Waals surface area contributed by atoms with Crippen LogP contribution in [0.5, 0.6) is 11.8 Å². The van der Waals surface area contributed by atoms with Gasteiger partial charge in [-0.15, -0.1) is 5.10 Å². The lowest BCUT2D eigenvalue weighted by atomic mass is 9.72. The molecule has 4 aromatic carbocycles. The molecule has 8 aromatic rings. The molecule has 4 saturated heterocycles. The fourth-order valence-corrected chi connectivity index (χ4v) is 14.3. The number of hydrogen-bond acceptors (Lipinski definition) is 15. The molecule has 21 heteroatoms. The number of nitrogens with one attached hydrogen (secondary N) is 3. The van der Waals surface area contributed by atoms with Gasteiger partial charge in [-0.2, -0.15) is 20.2 Å². The Labute approximate surface area is 497 Å². The van der Waals surface area contributed by atoms with Crippen LogP contribution >= 0.6 is 0 Å². The molecule has 2 aliphatic carbocycles. The molecular formula is C65H74FN13O7. The van der Waals surface area contributed by atoms with Crippen LogP contribution in [0.2, 0.25) is 0 Å². The van der Waals surface area contributed by atoms with Crippen LogP contribution in [0.3, 0.4) is 0 Å². The van der Waals surface area contributed by atoms with E-state index in [0.717, 1.165) is 133 Å². The minimum atomic E-state index is -0.983. The van der Waals surface area contributed by atoms with Crippen molar-refractivity contribution in [3.63, 3.8) is 0 Å². The first-order valence-corrected chi connectivity index (χ1v) is 30.7. The van der Waals surface area contributed by atoms with E-state index in [0.29, 0.717) is 52.2 Å². The predicted octanol–water partition coefficient (Wildman–Crippen LogP) is 8.51. The Morgan fingerprint density at radius 2 is 1.74 bits per heavy atom. The van der Waals surface area contributed by atoms with Gasteiger partial charge in [0.1, 0.15) is 47.6 Å². The van der Waals surface area contributed by atoms with Crippen molar-refractivity contribution in [2.45, 2.75) is 147 Å². The van der Waals surface area contributed by atoms with E-state index in [1.54, 1.807) is 23.3 Å². The monoisotopic (exact) mass is 1170 g/mol. The highest BCUT2D eigenvalue weighted by molar-refractivity contribution is 6.06. The Morgan fingerprint density at radius 3 is 2.43 bits per heavy atom. The number of amides is 2. The molecular weight excluding hydrogens is 1090 g/mol. The molecule has 6 atom stereocenters. The molecule has 6 fully saturated rings. The average molecular weight is 1170 g/mol. The maximum absolute atomic E-state index is 16.3. The molecule has 2 bridgehead atoms. The molecule has 14 rings (SSSR count). The Morgan fingerprint density at radius 1 is 0.953 bits per heavy atom. The van der Waals surface area contributed by atoms with Gasteiger partial charge >= 0.3 is 6.01 Å². The molecule has 5 N–H and O–H groups in total. The van der Waals surface area contributed by atoms with E-state index in [4.69, 9.17) is 24.2 Å². The number of aliphatic hydroxyl groups excluding tert-OH is 2. The topological polar surface area (TPSA) is 236 Å². The Hall–Kier alpha value is -7.85. The molecule has 4 aromatic heterocycles. The van der Waals surface area contributed by atoms with Crippen LogP contribution in [0.1, 0.15) is 119 Å². The van der Waals surface area contributed by atoms with Gasteiger partial charge in [0, 0.05) is 83.8 Å². The number of fused-ring (bicyclic) bond motifs is 4. The van der Waals surface area contributed by atoms with Crippen LogP contribution < -0.4 is 25.0 Å². The zero-order valence-corrected chi connectivity index (χ0v) is 49.1. The van der Waals surface area contributed by atoms with E-state index >= 15 is 4.39 Å². The van der Waals surface area contributed by atoms with Crippen molar-refractivity contribution in [2.75, 3.05) is 44.4 Å². The third-order valence-electron chi connectivity index (χ3n) is 19.4. The highest BCUT2D eigenvalue weighted by atomic mass is 19.1. The van der Waals surface area contributed by atoms with Crippen LogP contribution in [0.25, 0.3) is 55.4 Å². The number of rotatable bonds is 18. The number of nitrogens with zero attached hydrogens (tertiary/aromatic N) is 10. The lowest BCUT2D eigenvalue weighted by Gasteiger charge is -2.45. The molecule has 86 heavy (non-hydrogen) atoms. The second-order valence-electron chi connectivity index (χ2n) is 25.2. The smallest absolute Gasteiger partial charge is 0.319 e. The number of hydrogen-bond donors (Lipinski definition) is 5. The van der Waals surface area contributed by atoms with Crippen molar-refractivity contribution in [2.24, 2.45) is 11.3 Å². The van der Waals surface area contributed by atoms with Gasteiger partial charge < -0.3 is 44.9 Å². The summed E-state index contributed by atoms with van der Waals surface area (Å²) in [6, 6.07) is 19.5. The number of carbonyl (C=O) groups is 2. The first-order valence-electron chi connectivity index (χ1n) is 30.7. The maximum Gasteiger partial charge on any atom is 0.319 e. The van der Waals surface area contributed by atoms with Gasteiger partial charge in [0.2, 0.25) is 11.8 Å². The zero-order chi connectivity index (χ0) is 59.0. The van der Waals surface area contributed by atoms with Crippen LogP contribution in [-0.4, -0.2) is 142 Å². The SMILES string of the molecule is CCn1nccc1-c1ccc([C@H](CO)NC(=O)[C@@H]2C[C@@H](O)CN2C(=O)[C@H](C(C)C)n2cc(-c3ccc(COc4c(-c5c(C)c(F)cc6[nH]ncc56)c(C5CCC5)cc5c(N6C[C@@H]7C[C@H]6CN7)nc(OC6CCC7(CC6)COC7)nc45)cc3)nn2)cc1. The number of aryl methyl sites for hydroxylation is 1. The van der Waals surface area contributed by atoms with Crippen LogP contribution in [0.15, 0.2) is 85.3 Å². The fraction of sp³-hybridized carbons (Fsp3) is 0.477. The van der Waals surface area contributed by atoms with E-state index in [-0.39, 0.29) is 67.3 Å². The van der Waals surface area contributed by atoms with Crippen molar-refractivity contribution in [1.29, 1.82) is 0 Å². The number of likely N-dealkylation sites (tertiary alicyclic amines) is 1. The molecule has 0 unspecified atom stereocenters. The highest BCUT2D eigenvalue weighted by Gasteiger charge is 2.45. The third-order valence-corrected chi connectivity index (χ3v) is 19.4. The zero-order valence-electron chi connectivity index (χ0n) is 49.1. The molecule has 4 aliphatic heterocycles. The third kappa shape index (κ3) is 10.2. The molecule has 6 aliphatic rings. The van der Waals surface area contributed by atoms with Gasteiger partial charge in [0.05, 0.1) is 55.6 Å². The molecule has 2 amide bonds. The fourth-order valence-electron chi connectivity index (χ4n) is 14.3. The summed E-state index contributed by atoms with van der Waals surface area (Å²) in [5, 5.41) is 50.6. The van der Waals surface area contributed by atoms with Gasteiger partial charge in [0.15, 0.2) is 5.75 Å². The summed E-state index contributed by atoms with van der Waals surface area (Å²) >= 11 is 0. The summed E-state index contributed by atoms with van der Waals surface area (Å²) in [6.07, 6.45) is 12.3. The number of β-amino-alcohol motifs (C(OH)–C–C–N with tert-alkyl or cyclic N) is 1. The van der Waals surface area contributed by atoms with Crippen LogP contribution in [0.4, 0.5) is 10.2 Å². The number of H-pyrrole nitrogens is 1. The Bertz CT molecular complexity index is 3830. The standard InChI is InChI=1S/C65H74FN13O7/c1-5-78-54(19-22-69-78)42-15-13-41(14-16-42)53(32-80)70-62(82)55-24-45(81)30-77(55)63(83)59(36(2)3)79-31-52(74-75-79)40-11-9-38(10-12-40)33-85-60-57(56-37(4)50(66)26-51-49(56)28-68-73-51)47(39-7-6-8-39)25-48-58(60)71-64(72-61(48)76-29-43-23-44(76)27-67-43)86-46-17-20-65(21-18-46)34-84-35-65/h9-16,19,22,25-26,28,31,36,39,43-46,53,55,59,67,80-81H,5-8,17-18,20-21,23-24,27,29-30,32-35H2,1-4H3,(H,68,73)(H,70,82)/t43-,44-,45+,53-,55-,59-/m0/s1. The summed E-state index contributed by atoms with van der Waals surface area (Å²) in [6.45, 7) is 11.4. The Kier molecular flexibility index (Phi) is 14.8. The second kappa shape index (κ2) is 22.8. The van der Waals surface area contributed by atoms with E-state index in [1.165, 1.54) is 11.0 Å². The number of aliphatic hydroxyl groups is 2. The maximum atomic E-state index is 16.3. The molecule has 2 saturated carbocycles. The number of anilines is 1. The van der Waals surface area contributed by atoms with Crippen molar-refractivity contribution >= 4 is 39.4 Å². The minimum absolute atomic E-state index is 0.0376. The lowest BCUT2D eigenvalue weighted by Crippen LogP contribution is -2.50. The molecule has 448 valence electrons. The van der Waals surface area contributed by atoms with E-state index in [1.807, 2.05) is 87.0 Å². The van der Waals surface area contributed by atoms with Gasteiger partial charge in [-0.3, -0.25) is 19.4 Å². The molecule has 1 spiro atoms. The summed E-state index contributed by atoms with van der Waals surface area (Å²) < 4.78 is 39.5. The van der Waals surface area contributed by atoms with Crippen LogP contribution in [0, 0.1) is 24.1 Å². The first kappa shape index (κ1) is 56.0. The molecule has 0 radical (unpaired) electrons. The average Bonchev–Trinajstić information content (AvgIpc) is 1.18. The second-order valence-corrected chi connectivity index (χ2v) is 25.2. The summed E-state index contributed by atoms with van der Waals surface area (Å²) in [4.78, 5) is 43.3. The van der Waals surface area contributed by atoms with Crippen molar-refractivity contribution in [3.8, 4) is 45.4 Å². The number of ether oxygens (including phenoxy) is 3. The highest BCUT2D eigenvalue weighted by Crippen LogP contribution is 2.52. The van der Waals surface area contributed by atoms with Crippen molar-refractivity contribution in [3.05, 3.63) is 113 Å². The predicted molar refractivity (Wildman–Crippen MR) is 321 cm³/mol. The van der Waals surface area contributed by atoms with E-state index in [9.17, 15) is 19.8 Å². The quantitative estimate of drug-likeness (QED) is 0.0542. The summed E-state index contributed by atoms with van der Waals surface area (Å²) in [7, 11) is 0. The first-order chi connectivity index (χ1) is 41.8. The van der Waals surface area contributed by atoms with Gasteiger partial charge in [0.25, 0.3) is 0 Å². The number of piperazine rings is 1. The molecule has 8 heterocycles. The number of benzene rings is 4.